The summed E-state index contributed by atoms with van der Waals surface area (Å²) in [5.41, 5.74) is 0. The van der Waals surface area contributed by atoms with Crippen molar-refractivity contribution in [1.82, 2.24) is 0 Å². The van der Waals surface area contributed by atoms with Crippen LogP contribution in [0.15, 0.2) is 0 Å². The summed E-state index contributed by atoms with van der Waals surface area (Å²) >= 11 is 0. The normalized spacial score (nSPS) is 38.7. The lowest BCUT2D eigenvalue weighted by molar-refractivity contribution is -0.121. The molecule has 3 unspecified atom stereocenters. The molecule has 0 aromatic heterocycles. The third kappa shape index (κ3) is 4.55. The average Bonchev–Trinajstić information content (AvgIpc) is 3.40. The number of fused-ring (bicyclic) bond motifs is 1. The third-order valence-corrected chi connectivity index (χ3v) is 6.80. The Balaban J connectivity index is 1.11. The van der Waals surface area contributed by atoms with Gasteiger partial charge in [-0.15, -0.1) is 0 Å². The number of hydrogen-bond acceptors (Lipinski definition) is 5. The first-order chi connectivity index (χ1) is 12.2. The molecule has 25 heavy (non-hydrogen) atoms. The number of ether oxygens (including phenoxy) is 3. The second kappa shape index (κ2) is 7.65. The van der Waals surface area contributed by atoms with Crippen LogP contribution in [0.4, 0.5) is 4.79 Å². The molecule has 5 heteroatoms. The molecule has 0 bridgehead atoms. The molecule has 1 heterocycles. The topological polar surface area (TPSA) is 65.1 Å². The van der Waals surface area contributed by atoms with Crippen LogP contribution < -0.4 is 0 Å². The summed E-state index contributed by atoms with van der Waals surface area (Å²) in [5, 5.41) is 0. The van der Waals surface area contributed by atoms with Crippen LogP contribution in [0.5, 0.6) is 0 Å². The molecular formula is C20H30O5. The van der Waals surface area contributed by atoms with Crippen LogP contribution in [0.2, 0.25) is 0 Å². The summed E-state index contributed by atoms with van der Waals surface area (Å²) in [4.78, 5) is 23.3. The summed E-state index contributed by atoms with van der Waals surface area (Å²) in [5.74, 6) is 2.42. The van der Waals surface area contributed by atoms with E-state index < -0.39 is 6.16 Å². The molecule has 0 aromatic carbocycles. The Morgan fingerprint density at radius 2 is 1.64 bits per heavy atom. The monoisotopic (exact) mass is 350 g/mol. The van der Waals surface area contributed by atoms with Crippen molar-refractivity contribution in [2.24, 2.45) is 17.8 Å². The van der Waals surface area contributed by atoms with Crippen molar-refractivity contribution in [3.63, 3.8) is 0 Å². The van der Waals surface area contributed by atoms with E-state index in [1.807, 2.05) is 0 Å². The van der Waals surface area contributed by atoms with Gasteiger partial charge in [0.1, 0.15) is 11.9 Å². The summed E-state index contributed by atoms with van der Waals surface area (Å²) in [6.45, 7) is 0.490. The van der Waals surface area contributed by atoms with Crippen molar-refractivity contribution in [2.45, 2.75) is 88.9 Å². The smallest absolute Gasteiger partial charge is 0.434 e. The van der Waals surface area contributed by atoms with Crippen LogP contribution >= 0.6 is 0 Å². The lowest BCUT2D eigenvalue weighted by Gasteiger charge is -2.35. The molecule has 4 aliphatic rings. The summed E-state index contributed by atoms with van der Waals surface area (Å²) in [7, 11) is 0. The molecule has 1 aliphatic heterocycles. The van der Waals surface area contributed by atoms with E-state index in [1.165, 1.54) is 12.8 Å². The van der Waals surface area contributed by atoms with Gasteiger partial charge in [0.05, 0.1) is 18.8 Å². The fourth-order valence-corrected chi connectivity index (χ4v) is 5.09. The summed E-state index contributed by atoms with van der Waals surface area (Å²) < 4.78 is 16.3. The molecule has 140 valence electrons. The van der Waals surface area contributed by atoms with Gasteiger partial charge in [0.15, 0.2) is 0 Å². The molecule has 0 N–H and O–H groups in total. The lowest BCUT2D eigenvalue weighted by atomic mass is 9.71. The van der Waals surface area contributed by atoms with Crippen molar-refractivity contribution in [3.05, 3.63) is 0 Å². The molecule has 0 radical (unpaired) electrons. The minimum atomic E-state index is -0.503. The van der Waals surface area contributed by atoms with Gasteiger partial charge in [-0.3, -0.25) is 4.79 Å². The number of ketones is 1. The molecule has 0 amide bonds. The van der Waals surface area contributed by atoms with Gasteiger partial charge in [0.25, 0.3) is 0 Å². The second-order valence-electron chi connectivity index (χ2n) is 8.48. The van der Waals surface area contributed by atoms with Crippen LogP contribution in [0.3, 0.4) is 0 Å². The zero-order chi connectivity index (χ0) is 17.2. The molecule has 3 atom stereocenters. The van der Waals surface area contributed by atoms with Crippen molar-refractivity contribution in [3.8, 4) is 0 Å². The van der Waals surface area contributed by atoms with E-state index in [0.29, 0.717) is 30.5 Å². The Bertz CT molecular complexity index is 486. The summed E-state index contributed by atoms with van der Waals surface area (Å²) in [6, 6.07) is 0. The van der Waals surface area contributed by atoms with E-state index in [9.17, 15) is 9.59 Å². The van der Waals surface area contributed by atoms with Gasteiger partial charge in [-0.25, -0.2) is 4.79 Å². The SMILES string of the molecule is O=C1CCC(C2CCC(COC(=O)OC3CCC4OC4C3)CC2)CC1. The average molecular weight is 350 g/mol. The van der Waals surface area contributed by atoms with Crippen LogP contribution in [-0.4, -0.2) is 36.9 Å². The second-order valence-corrected chi connectivity index (χ2v) is 8.48. The number of Topliss-reactive ketones (excluding diaryl/α,β-unsaturated/α-hetero) is 1. The van der Waals surface area contributed by atoms with E-state index in [-0.39, 0.29) is 6.10 Å². The highest BCUT2D eigenvalue weighted by Crippen LogP contribution is 2.40. The van der Waals surface area contributed by atoms with Gasteiger partial charge < -0.3 is 14.2 Å². The summed E-state index contributed by atoms with van der Waals surface area (Å²) in [6.07, 6.45) is 11.4. The highest BCUT2D eigenvalue weighted by atomic mass is 16.7. The fraction of sp³-hybridized carbons (Fsp3) is 0.900. The van der Waals surface area contributed by atoms with Gasteiger partial charge >= 0.3 is 6.16 Å². The van der Waals surface area contributed by atoms with E-state index in [0.717, 1.165) is 69.6 Å². The Hall–Kier alpha value is -1.10. The zero-order valence-corrected chi connectivity index (χ0v) is 15.0. The number of epoxide rings is 1. The molecule has 0 aromatic rings. The molecule has 4 fully saturated rings. The Morgan fingerprint density at radius 1 is 0.920 bits per heavy atom. The predicted octanol–water partition coefficient (Wildman–Crippen LogP) is 4.03. The number of rotatable bonds is 4. The predicted molar refractivity (Wildman–Crippen MR) is 91.1 cm³/mol. The molecule has 0 spiro atoms. The van der Waals surface area contributed by atoms with Crippen molar-refractivity contribution < 1.29 is 23.8 Å². The zero-order valence-electron chi connectivity index (χ0n) is 15.0. The highest BCUT2D eigenvalue weighted by molar-refractivity contribution is 5.79. The molecule has 3 aliphatic carbocycles. The van der Waals surface area contributed by atoms with Crippen LogP contribution in [0.25, 0.3) is 0 Å². The molecular weight excluding hydrogens is 320 g/mol. The number of hydrogen-bond donors (Lipinski definition) is 0. The first kappa shape index (κ1) is 17.3. The fourth-order valence-electron chi connectivity index (χ4n) is 5.09. The van der Waals surface area contributed by atoms with Crippen LogP contribution in [0.1, 0.15) is 70.6 Å². The maximum atomic E-state index is 11.9. The minimum Gasteiger partial charge on any atom is -0.434 e. The van der Waals surface area contributed by atoms with E-state index >= 15 is 0 Å². The van der Waals surface area contributed by atoms with Crippen molar-refractivity contribution >= 4 is 11.9 Å². The van der Waals surface area contributed by atoms with E-state index in [2.05, 4.69) is 0 Å². The van der Waals surface area contributed by atoms with Gasteiger partial charge in [-0.2, -0.15) is 0 Å². The lowest BCUT2D eigenvalue weighted by Crippen LogP contribution is -2.29. The highest BCUT2D eigenvalue weighted by Gasteiger charge is 2.45. The molecule has 3 saturated carbocycles. The van der Waals surface area contributed by atoms with Crippen LogP contribution in [-0.2, 0) is 19.0 Å². The standard InChI is InChI=1S/C20H30O5/c21-16-7-5-15(6-8-16)14-3-1-13(2-4-14)12-23-20(22)24-17-9-10-18-19(11-17)25-18/h13-15,17-19H,1-12H2. The van der Waals surface area contributed by atoms with Crippen LogP contribution in [0, 0.1) is 17.8 Å². The maximum absolute atomic E-state index is 11.9. The number of carbonyl (C=O) groups excluding carboxylic acids is 2. The molecule has 5 nitrogen and oxygen atoms in total. The minimum absolute atomic E-state index is 0.0269. The van der Waals surface area contributed by atoms with Gasteiger partial charge in [0, 0.05) is 19.3 Å². The van der Waals surface area contributed by atoms with Gasteiger partial charge in [-0.05, 0) is 69.1 Å². The van der Waals surface area contributed by atoms with E-state index in [4.69, 9.17) is 14.2 Å². The quantitative estimate of drug-likeness (QED) is 0.566. The first-order valence-corrected chi connectivity index (χ1v) is 10.2. The van der Waals surface area contributed by atoms with Gasteiger partial charge in [-0.1, -0.05) is 0 Å². The Labute approximate surface area is 149 Å². The molecule has 4 rings (SSSR count). The molecule has 1 saturated heterocycles. The third-order valence-electron chi connectivity index (χ3n) is 6.80. The van der Waals surface area contributed by atoms with Crippen molar-refractivity contribution in [2.75, 3.05) is 6.61 Å². The van der Waals surface area contributed by atoms with Crippen molar-refractivity contribution in [1.29, 1.82) is 0 Å². The van der Waals surface area contributed by atoms with E-state index in [1.54, 1.807) is 0 Å². The van der Waals surface area contributed by atoms with Gasteiger partial charge in [0.2, 0.25) is 0 Å². The maximum Gasteiger partial charge on any atom is 0.508 e. The Morgan fingerprint density at radius 3 is 2.36 bits per heavy atom. The number of carbonyl (C=O) groups is 2. The largest absolute Gasteiger partial charge is 0.508 e. The first-order valence-electron chi connectivity index (χ1n) is 10.2. The Kier molecular flexibility index (Phi) is 5.30.